The molecule has 15 heavy (non-hydrogen) atoms. The van der Waals surface area contributed by atoms with Crippen LogP contribution in [-0.2, 0) is 4.79 Å². The van der Waals surface area contributed by atoms with Crippen molar-refractivity contribution < 1.29 is 9.90 Å². The van der Waals surface area contributed by atoms with E-state index in [0.717, 1.165) is 19.3 Å². The molecule has 0 spiro atoms. The van der Waals surface area contributed by atoms with E-state index in [9.17, 15) is 9.90 Å². The van der Waals surface area contributed by atoms with Crippen LogP contribution in [0.25, 0.3) is 0 Å². The maximum atomic E-state index is 10.5. The molecule has 0 saturated heterocycles. The molecule has 0 aliphatic heterocycles. The molecule has 0 saturated carbocycles. The monoisotopic (exact) mass is 213 g/mol. The van der Waals surface area contributed by atoms with E-state index in [1.165, 1.54) is 0 Å². The van der Waals surface area contributed by atoms with Gasteiger partial charge in [-0.25, -0.2) is 0 Å². The fourth-order valence-electron chi connectivity index (χ4n) is 1.75. The zero-order valence-electron chi connectivity index (χ0n) is 10.2. The lowest BCUT2D eigenvalue weighted by Crippen LogP contribution is -2.23. The van der Waals surface area contributed by atoms with Crippen LogP contribution in [-0.4, -0.2) is 43.0 Å². The van der Waals surface area contributed by atoms with Gasteiger partial charge in [-0.05, 0) is 38.9 Å². The minimum atomic E-state index is -0.406. The predicted molar refractivity (Wildman–Crippen MR) is 62.8 cm³/mol. The maximum absolute atomic E-state index is 10.5. The van der Waals surface area contributed by atoms with Gasteiger partial charge in [-0.15, -0.1) is 0 Å². The Labute approximate surface area is 92.8 Å². The highest BCUT2D eigenvalue weighted by Crippen LogP contribution is 2.13. The summed E-state index contributed by atoms with van der Waals surface area (Å²) >= 11 is 0. The van der Waals surface area contributed by atoms with Gasteiger partial charge in [0.1, 0.15) is 6.29 Å². The standard InChI is InChI=1S/C12H23NO2/c1-5-11(9-14)7-12(15)6-10(2)8-13(3)4/h5,9-10,12,15H,6-8H2,1-4H3/b11-5+. The third kappa shape index (κ3) is 7.28. The summed E-state index contributed by atoms with van der Waals surface area (Å²) in [6.45, 7) is 4.89. The van der Waals surface area contributed by atoms with Crippen LogP contribution in [0, 0.1) is 5.92 Å². The Kier molecular flexibility index (Phi) is 7.26. The normalized spacial score (nSPS) is 16.5. The van der Waals surface area contributed by atoms with Crippen LogP contribution >= 0.6 is 0 Å². The van der Waals surface area contributed by atoms with Gasteiger partial charge >= 0.3 is 0 Å². The molecule has 0 aliphatic rings. The van der Waals surface area contributed by atoms with Gasteiger partial charge in [-0.1, -0.05) is 13.0 Å². The summed E-state index contributed by atoms with van der Waals surface area (Å²) < 4.78 is 0. The molecule has 88 valence electrons. The summed E-state index contributed by atoms with van der Waals surface area (Å²) in [6, 6.07) is 0. The number of aldehydes is 1. The smallest absolute Gasteiger partial charge is 0.145 e. The molecule has 0 rings (SSSR count). The van der Waals surface area contributed by atoms with Crippen molar-refractivity contribution in [2.24, 2.45) is 5.92 Å². The van der Waals surface area contributed by atoms with Crippen LogP contribution in [0.2, 0.25) is 0 Å². The van der Waals surface area contributed by atoms with Crippen molar-refractivity contribution in [1.29, 1.82) is 0 Å². The Morgan fingerprint density at radius 2 is 2.07 bits per heavy atom. The lowest BCUT2D eigenvalue weighted by atomic mass is 9.98. The van der Waals surface area contributed by atoms with Crippen LogP contribution < -0.4 is 0 Å². The van der Waals surface area contributed by atoms with E-state index in [1.54, 1.807) is 6.08 Å². The van der Waals surface area contributed by atoms with Gasteiger partial charge < -0.3 is 10.0 Å². The minimum absolute atomic E-state index is 0.406. The average molecular weight is 213 g/mol. The number of aliphatic hydroxyl groups excluding tert-OH is 1. The first-order chi connectivity index (χ1) is 6.99. The Morgan fingerprint density at radius 1 is 1.47 bits per heavy atom. The molecule has 0 aliphatic carbocycles. The van der Waals surface area contributed by atoms with Crippen molar-refractivity contribution in [3.63, 3.8) is 0 Å². The highest BCUT2D eigenvalue weighted by Gasteiger charge is 2.12. The van der Waals surface area contributed by atoms with Crippen LogP contribution in [0.15, 0.2) is 11.6 Å². The van der Waals surface area contributed by atoms with Crippen LogP contribution in [0.1, 0.15) is 26.7 Å². The molecule has 0 aromatic carbocycles. The number of nitrogens with zero attached hydrogens (tertiary/aromatic N) is 1. The fraction of sp³-hybridized carbons (Fsp3) is 0.750. The van der Waals surface area contributed by atoms with Gasteiger partial charge in [0.25, 0.3) is 0 Å². The maximum Gasteiger partial charge on any atom is 0.145 e. The quantitative estimate of drug-likeness (QED) is 0.514. The number of carbonyl (C=O) groups excluding carboxylic acids is 1. The fourth-order valence-corrected chi connectivity index (χ4v) is 1.75. The first-order valence-corrected chi connectivity index (χ1v) is 5.42. The first kappa shape index (κ1) is 14.3. The number of allylic oxidation sites excluding steroid dienone is 1. The largest absolute Gasteiger partial charge is 0.393 e. The zero-order valence-corrected chi connectivity index (χ0v) is 10.2. The molecule has 3 heteroatoms. The Morgan fingerprint density at radius 3 is 2.47 bits per heavy atom. The summed E-state index contributed by atoms with van der Waals surface area (Å²) in [5.74, 6) is 0.444. The zero-order chi connectivity index (χ0) is 11.8. The van der Waals surface area contributed by atoms with Crippen molar-refractivity contribution in [3.05, 3.63) is 11.6 Å². The van der Waals surface area contributed by atoms with Crippen molar-refractivity contribution in [2.75, 3.05) is 20.6 Å². The third-order valence-electron chi connectivity index (χ3n) is 2.34. The van der Waals surface area contributed by atoms with E-state index in [2.05, 4.69) is 11.8 Å². The SMILES string of the molecule is C/C=C(/C=O)CC(O)CC(C)CN(C)C. The Bertz CT molecular complexity index is 212. The molecular weight excluding hydrogens is 190 g/mol. The summed E-state index contributed by atoms with van der Waals surface area (Å²) in [4.78, 5) is 12.7. The van der Waals surface area contributed by atoms with Crippen LogP contribution in [0.5, 0.6) is 0 Å². The molecule has 0 fully saturated rings. The van der Waals surface area contributed by atoms with E-state index < -0.39 is 6.10 Å². The average Bonchev–Trinajstić information content (AvgIpc) is 2.12. The second kappa shape index (κ2) is 7.60. The van der Waals surface area contributed by atoms with Gasteiger partial charge in [0.15, 0.2) is 0 Å². The molecule has 0 aromatic rings. The van der Waals surface area contributed by atoms with Crippen molar-refractivity contribution in [3.8, 4) is 0 Å². The van der Waals surface area contributed by atoms with Gasteiger partial charge in [0.05, 0.1) is 6.10 Å². The first-order valence-electron chi connectivity index (χ1n) is 5.42. The van der Waals surface area contributed by atoms with Crippen molar-refractivity contribution in [1.82, 2.24) is 4.90 Å². The van der Waals surface area contributed by atoms with Gasteiger partial charge in [0, 0.05) is 13.0 Å². The Hall–Kier alpha value is -0.670. The highest BCUT2D eigenvalue weighted by molar-refractivity contribution is 5.72. The molecule has 2 atom stereocenters. The molecular formula is C12H23NO2. The molecule has 2 unspecified atom stereocenters. The number of hydrogen-bond acceptors (Lipinski definition) is 3. The van der Waals surface area contributed by atoms with Gasteiger partial charge in [0.2, 0.25) is 0 Å². The second-order valence-corrected chi connectivity index (χ2v) is 4.44. The van der Waals surface area contributed by atoms with Crippen LogP contribution in [0.3, 0.4) is 0 Å². The summed E-state index contributed by atoms with van der Waals surface area (Å²) in [6.07, 6.45) is 3.38. The topological polar surface area (TPSA) is 40.5 Å². The second-order valence-electron chi connectivity index (χ2n) is 4.44. The van der Waals surface area contributed by atoms with Gasteiger partial charge in [-0.2, -0.15) is 0 Å². The predicted octanol–water partition coefficient (Wildman–Crippen LogP) is 1.47. The molecule has 1 N–H and O–H groups in total. The minimum Gasteiger partial charge on any atom is -0.393 e. The summed E-state index contributed by atoms with van der Waals surface area (Å²) in [7, 11) is 4.04. The molecule has 0 heterocycles. The van der Waals surface area contributed by atoms with E-state index in [-0.39, 0.29) is 0 Å². The van der Waals surface area contributed by atoms with Crippen molar-refractivity contribution in [2.45, 2.75) is 32.8 Å². The summed E-state index contributed by atoms with van der Waals surface area (Å²) in [5, 5.41) is 9.75. The van der Waals surface area contributed by atoms with Crippen LogP contribution in [0.4, 0.5) is 0 Å². The van der Waals surface area contributed by atoms with Crippen molar-refractivity contribution >= 4 is 6.29 Å². The third-order valence-corrected chi connectivity index (χ3v) is 2.34. The van der Waals surface area contributed by atoms with E-state index in [0.29, 0.717) is 17.9 Å². The Balaban J connectivity index is 3.92. The molecule has 0 aromatic heterocycles. The van der Waals surface area contributed by atoms with E-state index in [1.807, 2.05) is 21.0 Å². The molecule has 0 bridgehead atoms. The molecule has 3 nitrogen and oxygen atoms in total. The highest BCUT2D eigenvalue weighted by atomic mass is 16.3. The number of hydrogen-bond donors (Lipinski definition) is 1. The number of aliphatic hydroxyl groups is 1. The lowest BCUT2D eigenvalue weighted by Gasteiger charge is -2.19. The lowest BCUT2D eigenvalue weighted by molar-refractivity contribution is -0.105. The van der Waals surface area contributed by atoms with E-state index >= 15 is 0 Å². The summed E-state index contributed by atoms with van der Waals surface area (Å²) in [5.41, 5.74) is 0.680. The molecule has 0 radical (unpaired) electrons. The van der Waals surface area contributed by atoms with Gasteiger partial charge in [-0.3, -0.25) is 4.79 Å². The van der Waals surface area contributed by atoms with E-state index in [4.69, 9.17) is 0 Å². The number of rotatable bonds is 7. The number of carbonyl (C=O) groups is 1. The molecule has 0 amide bonds.